The molecular weight excluding hydrogens is 343 g/mol. The Labute approximate surface area is 143 Å². The van der Waals surface area contributed by atoms with E-state index in [9.17, 15) is 27.6 Å². The molecule has 0 aromatic carbocycles. The summed E-state index contributed by atoms with van der Waals surface area (Å²) < 4.78 is 38.7. The highest BCUT2D eigenvalue weighted by Crippen LogP contribution is 2.37. The van der Waals surface area contributed by atoms with Crippen LogP contribution in [0.2, 0.25) is 0 Å². The van der Waals surface area contributed by atoms with Crippen LogP contribution in [0, 0.1) is 11.8 Å². The van der Waals surface area contributed by atoms with Gasteiger partial charge >= 0.3 is 18.2 Å². The van der Waals surface area contributed by atoms with E-state index in [-0.39, 0.29) is 18.9 Å². The molecule has 0 unspecified atom stereocenters. The fraction of sp³-hybridized carbons (Fsp3) is 0.800. The minimum absolute atomic E-state index is 0.0130. The number of hydrogen-bond acceptors (Lipinski definition) is 3. The second kappa shape index (κ2) is 7.92. The van der Waals surface area contributed by atoms with Gasteiger partial charge in [-0.2, -0.15) is 13.2 Å². The van der Waals surface area contributed by atoms with Crippen molar-refractivity contribution in [1.82, 2.24) is 15.1 Å². The van der Waals surface area contributed by atoms with Gasteiger partial charge in [0.1, 0.15) is 0 Å². The molecule has 25 heavy (non-hydrogen) atoms. The largest absolute Gasteiger partial charge is 0.481 e. The molecule has 0 bridgehead atoms. The summed E-state index contributed by atoms with van der Waals surface area (Å²) in [5, 5.41) is 11.3. The number of carbonyl (C=O) groups excluding carboxylic acids is 2. The zero-order chi connectivity index (χ0) is 18.6. The number of carboxylic acid groups (broad SMARTS) is 1. The van der Waals surface area contributed by atoms with Gasteiger partial charge in [0.25, 0.3) is 0 Å². The first kappa shape index (κ1) is 19.3. The number of carboxylic acids is 1. The molecule has 142 valence electrons. The molecule has 2 fully saturated rings. The minimum Gasteiger partial charge on any atom is -0.481 e. The van der Waals surface area contributed by atoms with Crippen LogP contribution < -0.4 is 5.32 Å². The monoisotopic (exact) mass is 365 g/mol. The normalized spacial score (nSPS) is 24.3. The van der Waals surface area contributed by atoms with E-state index in [1.807, 2.05) is 0 Å². The third-order valence-electron chi connectivity index (χ3n) is 4.67. The van der Waals surface area contributed by atoms with Gasteiger partial charge in [0.15, 0.2) is 0 Å². The highest BCUT2D eigenvalue weighted by atomic mass is 19.4. The van der Waals surface area contributed by atoms with Gasteiger partial charge in [0.05, 0.1) is 11.8 Å². The summed E-state index contributed by atoms with van der Waals surface area (Å²) in [6.07, 6.45) is -1.63. The van der Waals surface area contributed by atoms with Crippen molar-refractivity contribution in [3.8, 4) is 0 Å². The third-order valence-corrected chi connectivity index (χ3v) is 4.67. The van der Waals surface area contributed by atoms with E-state index in [1.54, 1.807) is 4.90 Å². The van der Waals surface area contributed by atoms with E-state index in [2.05, 4.69) is 5.32 Å². The van der Waals surface area contributed by atoms with Crippen LogP contribution in [0.5, 0.6) is 0 Å². The van der Waals surface area contributed by atoms with Crippen LogP contribution in [0.25, 0.3) is 0 Å². The van der Waals surface area contributed by atoms with Gasteiger partial charge in [-0.15, -0.1) is 0 Å². The Morgan fingerprint density at radius 3 is 2.20 bits per heavy atom. The SMILES string of the molecule is O=C(O)[C@@H]1CN(C(=O)NCCC(=O)N2CCCCC2)C[C@H]1C(F)(F)F. The number of nitrogens with zero attached hydrogens (tertiary/aromatic N) is 2. The summed E-state index contributed by atoms with van der Waals surface area (Å²) in [5.41, 5.74) is 0. The van der Waals surface area contributed by atoms with Crippen molar-refractivity contribution >= 4 is 17.9 Å². The Kier molecular flexibility index (Phi) is 6.12. The Morgan fingerprint density at radius 1 is 1.04 bits per heavy atom. The molecule has 3 amide bonds. The highest BCUT2D eigenvalue weighted by Gasteiger charge is 2.53. The maximum absolute atomic E-state index is 12.9. The summed E-state index contributed by atoms with van der Waals surface area (Å²) >= 11 is 0. The Hall–Kier alpha value is -2.00. The lowest BCUT2D eigenvalue weighted by Crippen LogP contribution is -2.42. The van der Waals surface area contributed by atoms with Crippen LogP contribution >= 0.6 is 0 Å². The maximum atomic E-state index is 12.9. The number of halogens is 3. The number of likely N-dealkylation sites (tertiary alicyclic amines) is 2. The van der Waals surface area contributed by atoms with Crippen molar-refractivity contribution in [3.05, 3.63) is 0 Å². The number of alkyl halides is 3. The lowest BCUT2D eigenvalue weighted by molar-refractivity contribution is -0.187. The van der Waals surface area contributed by atoms with E-state index in [1.165, 1.54) is 0 Å². The Morgan fingerprint density at radius 2 is 1.68 bits per heavy atom. The summed E-state index contributed by atoms with van der Waals surface area (Å²) in [5.74, 6) is -5.41. The zero-order valence-corrected chi connectivity index (χ0v) is 13.7. The lowest BCUT2D eigenvalue weighted by Gasteiger charge is -2.27. The van der Waals surface area contributed by atoms with Crippen molar-refractivity contribution in [2.24, 2.45) is 11.8 Å². The molecule has 7 nitrogen and oxygen atoms in total. The zero-order valence-electron chi connectivity index (χ0n) is 13.7. The average Bonchev–Trinajstić information content (AvgIpc) is 3.01. The molecule has 2 aliphatic heterocycles. The van der Waals surface area contributed by atoms with Crippen molar-refractivity contribution in [3.63, 3.8) is 0 Å². The fourth-order valence-corrected chi connectivity index (χ4v) is 3.24. The first-order chi connectivity index (χ1) is 11.7. The molecule has 2 rings (SSSR count). The molecule has 2 atom stereocenters. The molecule has 2 saturated heterocycles. The number of amides is 3. The van der Waals surface area contributed by atoms with Crippen LogP contribution in [0.4, 0.5) is 18.0 Å². The van der Waals surface area contributed by atoms with Crippen LogP contribution in [0.3, 0.4) is 0 Å². The van der Waals surface area contributed by atoms with E-state index >= 15 is 0 Å². The van der Waals surface area contributed by atoms with E-state index in [0.717, 1.165) is 24.2 Å². The molecule has 0 saturated carbocycles. The van der Waals surface area contributed by atoms with Crippen LogP contribution in [-0.2, 0) is 9.59 Å². The second-order valence-corrected chi connectivity index (χ2v) is 6.42. The van der Waals surface area contributed by atoms with E-state index in [4.69, 9.17) is 5.11 Å². The van der Waals surface area contributed by atoms with Crippen molar-refractivity contribution in [1.29, 1.82) is 0 Å². The minimum atomic E-state index is -4.68. The maximum Gasteiger partial charge on any atom is 0.394 e. The smallest absolute Gasteiger partial charge is 0.394 e. The van der Waals surface area contributed by atoms with Gasteiger partial charge in [-0.1, -0.05) is 0 Å². The summed E-state index contributed by atoms with van der Waals surface area (Å²) in [6, 6.07) is -0.774. The molecule has 2 aliphatic rings. The van der Waals surface area contributed by atoms with Gasteiger partial charge in [-0.3, -0.25) is 9.59 Å². The number of hydrogen-bond donors (Lipinski definition) is 2. The first-order valence-corrected chi connectivity index (χ1v) is 8.30. The van der Waals surface area contributed by atoms with Crippen LogP contribution in [0.1, 0.15) is 25.7 Å². The standard InChI is InChI=1S/C15H22F3N3O4/c16-15(17,18)11-9-21(8-10(11)13(23)24)14(25)19-5-4-12(22)20-6-2-1-3-7-20/h10-11H,1-9H2,(H,19,25)(H,23,24)/t10-,11-/m1/s1. The summed E-state index contributed by atoms with van der Waals surface area (Å²) in [6.45, 7) is 0.204. The van der Waals surface area contributed by atoms with Gasteiger partial charge in [-0.25, -0.2) is 4.79 Å². The average molecular weight is 365 g/mol. The molecule has 2 N–H and O–H groups in total. The molecule has 10 heteroatoms. The van der Waals surface area contributed by atoms with Crippen molar-refractivity contribution in [2.75, 3.05) is 32.7 Å². The molecule has 0 aliphatic carbocycles. The van der Waals surface area contributed by atoms with Crippen molar-refractivity contribution < 1.29 is 32.7 Å². The second-order valence-electron chi connectivity index (χ2n) is 6.42. The quantitative estimate of drug-likeness (QED) is 0.786. The Balaban J connectivity index is 1.80. The molecule has 0 spiro atoms. The number of rotatable bonds is 4. The molecule has 0 aromatic heterocycles. The third kappa shape index (κ3) is 4.99. The number of aliphatic carboxylic acids is 1. The topological polar surface area (TPSA) is 90.0 Å². The predicted octanol–water partition coefficient (Wildman–Crippen LogP) is 1.29. The van der Waals surface area contributed by atoms with Crippen LogP contribution in [0.15, 0.2) is 0 Å². The van der Waals surface area contributed by atoms with E-state index < -0.39 is 43.1 Å². The molecule has 0 aromatic rings. The lowest BCUT2D eigenvalue weighted by atomic mass is 9.96. The summed E-state index contributed by atoms with van der Waals surface area (Å²) in [4.78, 5) is 37.5. The summed E-state index contributed by atoms with van der Waals surface area (Å²) in [7, 11) is 0. The van der Waals surface area contributed by atoms with Gasteiger partial charge < -0.3 is 20.2 Å². The molecule has 0 radical (unpaired) electrons. The number of nitrogens with one attached hydrogen (secondary N) is 1. The Bertz CT molecular complexity index is 521. The number of urea groups is 1. The molecular formula is C15H22F3N3O4. The van der Waals surface area contributed by atoms with E-state index in [0.29, 0.717) is 13.1 Å². The number of piperidine rings is 1. The van der Waals surface area contributed by atoms with Crippen LogP contribution in [-0.4, -0.2) is 71.7 Å². The predicted molar refractivity (Wildman–Crippen MR) is 80.7 cm³/mol. The highest BCUT2D eigenvalue weighted by molar-refractivity contribution is 5.79. The van der Waals surface area contributed by atoms with Gasteiger partial charge in [0.2, 0.25) is 5.91 Å². The molecule has 2 heterocycles. The van der Waals surface area contributed by atoms with Gasteiger partial charge in [-0.05, 0) is 19.3 Å². The van der Waals surface area contributed by atoms with Gasteiger partial charge in [0, 0.05) is 39.1 Å². The fourth-order valence-electron chi connectivity index (χ4n) is 3.24. The van der Waals surface area contributed by atoms with Crippen molar-refractivity contribution in [2.45, 2.75) is 31.9 Å². The first-order valence-electron chi connectivity index (χ1n) is 8.30. The number of carbonyl (C=O) groups is 3.